The van der Waals surface area contributed by atoms with Crippen molar-refractivity contribution in [3.05, 3.63) is 17.5 Å². The molecule has 0 N–H and O–H groups in total. The molecule has 0 aliphatic heterocycles. The van der Waals surface area contributed by atoms with E-state index in [1.165, 1.54) is 4.68 Å². The van der Waals surface area contributed by atoms with E-state index in [1.54, 1.807) is 20.0 Å². The van der Waals surface area contributed by atoms with Gasteiger partial charge in [-0.1, -0.05) is 0 Å². The maximum Gasteiger partial charge on any atom is 0.238 e. The maximum absolute atomic E-state index is 10.7. The van der Waals surface area contributed by atoms with Crippen LogP contribution in [0.5, 0.6) is 0 Å². The predicted molar refractivity (Wildman–Crippen MR) is 46.4 cm³/mol. The van der Waals surface area contributed by atoms with E-state index >= 15 is 0 Å². The van der Waals surface area contributed by atoms with Crippen LogP contribution in [0.3, 0.4) is 0 Å². The van der Waals surface area contributed by atoms with Crippen LogP contribution >= 0.6 is 10.7 Å². The van der Waals surface area contributed by atoms with Crippen LogP contribution in [-0.2, 0) is 21.9 Å². The van der Waals surface area contributed by atoms with Crippen molar-refractivity contribution in [2.75, 3.05) is 0 Å². The first-order valence-corrected chi connectivity index (χ1v) is 5.78. The summed E-state index contributed by atoms with van der Waals surface area (Å²) in [5.74, 6) is -0.175. The molecule has 68 valence electrons. The van der Waals surface area contributed by atoms with Crippen molar-refractivity contribution >= 4 is 19.7 Å². The second kappa shape index (κ2) is 3.06. The summed E-state index contributed by atoms with van der Waals surface area (Å²) in [6.07, 6.45) is 0. The third kappa shape index (κ3) is 2.49. The van der Waals surface area contributed by atoms with Crippen molar-refractivity contribution in [2.45, 2.75) is 12.7 Å². The number of halogens is 1. The highest BCUT2D eigenvalue weighted by Crippen LogP contribution is 2.09. The van der Waals surface area contributed by atoms with Gasteiger partial charge in [0.25, 0.3) is 0 Å². The summed E-state index contributed by atoms with van der Waals surface area (Å²) in [4.78, 5) is 0. The van der Waals surface area contributed by atoms with Gasteiger partial charge in [-0.05, 0) is 13.0 Å². The van der Waals surface area contributed by atoms with Gasteiger partial charge in [0.05, 0.1) is 11.4 Å². The Morgan fingerprint density at radius 1 is 1.67 bits per heavy atom. The molecule has 0 saturated carbocycles. The fourth-order valence-electron chi connectivity index (χ4n) is 0.976. The van der Waals surface area contributed by atoms with Crippen LogP contribution in [0.1, 0.15) is 11.4 Å². The van der Waals surface area contributed by atoms with Gasteiger partial charge in [-0.15, -0.1) is 0 Å². The first-order valence-electron chi connectivity index (χ1n) is 3.30. The van der Waals surface area contributed by atoms with Crippen LogP contribution in [0, 0.1) is 6.92 Å². The molecular weight excluding hydrogens is 200 g/mol. The van der Waals surface area contributed by atoms with E-state index in [0.717, 1.165) is 5.69 Å². The van der Waals surface area contributed by atoms with Gasteiger partial charge in [0, 0.05) is 17.7 Å². The first-order chi connectivity index (χ1) is 5.38. The Balaban J connectivity index is 2.97. The third-order valence-corrected chi connectivity index (χ3v) is 2.39. The normalized spacial score (nSPS) is 11.9. The van der Waals surface area contributed by atoms with E-state index in [-0.39, 0.29) is 5.75 Å². The van der Waals surface area contributed by atoms with Crippen molar-refractivity contribution in [1.82, 2.24) is 9.78 Å². The molecule has 0 amide bonds. The standard InChI is InChI=1S/C6H9ClN2O2S/c1-5-3-6(9(2)8-5)4-12(7,10)11/h3H,4H2,1-2H3. The number of nitrogens with zero attached hydrogens (tertiary/aromatic N) is 2. The van der Waals surface area contributed by atoms with E-state index in [9.17, 15) is 8.42 Å². The number of rotatable bonds is 2. The lowest BCUT2D eigenvalue weighted by atomic mass is 10.4. The largest absolute Gasteiger partial charge is 0.271 e. The van der Waals surface area contributed by atoms with E-state index < -0.39 is 9.05 Å². The number of hydrogen-bond donors (Lipinski definition) is 0. The minimum Gasteiger partial charge on any atom is -0.271 e. The van der Waals surface area contributed by atoms with Crippen LogP contribution in [-0.4, -0.2) is 18.2 Å². The van der Waals surface area contributed by atoms with Gasteiger partial charge in [0.15, 0.2) is 0 Å². The molecule has 1 aromatic heterocycles. The Kier molecular flexibility index (Phi) is 2.44. The fourth-order valence-corrected chi connectivity index (χ4v) is 1.93. The quantitative estimate of drug-likeness (QED) is 0.676. The third-order valence-electron chi connectivity index (χ3n) is 1.42. The topological polar surface area (TPSA) is 52.0 Å². The van der Waals surface area contributed by atoms with E-state index in [1.807, 2.05) is 0 Å². The zero-order chi connectivity index (χ0) is 9.35. The smallest absolute Gasteiger partial charge is 0.238 e. The van der Waals surface area contributed by atoms with E-state index in [0.29, 0.717) is 5.69 Å². The molecule has 0 atom stereocenters. The molecular formula is C6H9ClN2O2S. The van der Waals surface area contributed by atoms with Gasteiger partial charge in [-0.25, -0.2) is 8.42 Å². The van der Waals surface area contributed by atoms with Gasteiger partial charge < -0.3 is 0 Å². The maximum atomic E-state index is 10.7. The molecule has 0 radical (unpaired) electrons. The van der Waals surface area contributed by atoms with Crippen molar-refractivity contribution in [2.24, 2.45) is 7.05 Å². The van der Waals surface area contributed by atoms with E-state index in [2.05, 4.69) is 5.10 Å². The summed E-state index contributed by atoms with van der Waals surface area (Å²) >= 11 is 0. The average molecular weight is 209 g/mol. The number of hydrogen-bond acceptors (Lipinski definition) is 3. The Bertz CT molecular complexity index is 382. The molecule has 4 nitrogen and oxygen atoms in total. The molecule has 0 aliphatic carbocycles. The average Bonchev–Trinajstić information content (AvgIpc) is 2.06. The van der Waals surface area contributed by atoms with Crippen LogP contribution < -0.4 is 0 Å². The molecule has 1 rings (SSSR count). The summed E-state index contributed by atoms with van der Waals surface area (Å²) in [6, 6.07) is 1.69. The molecule has 1 aromatic rings. The second-order valence-corrected chi connectivity index (χ2v) is 5.36. The van der Waals surface area contributed by atoms with Gasteiger partial charge in [-0.3, -0.25) is 4.68 Å². The highest BCUT2D eigenvalue weighted by Gasteiger charge is 2.10. The van der Waals surface area contributed by atoms with Crippen molar-refractivity contribution < 1.29 is 8.42 Å². The molecule has 0 unspecified atom stereocenters. The second-order valence-electron chi connectivity index (χ2n) is 2.58. The Morgan fingerprint density at radius 2 is 2.25 bits per heavy atom. The summed E-state index contributed by atoms with van der Waals surface area (Å²) in [7, 11) is 3.29. The van der Waals surface area contributed by atoms with Gasteiger partial charge in [0.2, 0.25) is 9.05 Å². The monoisotopic (exact) mass is 208 g/mol. The highest BCUT2D eigenvalue weighted by atomic mass is 35.7. The molecule has 1 heterocycles. The molecule has 0 aliphatic rings. The van der Waals surface area contributed by atoms with Crippen LogP contribution in [0.25, 0.3) is 0 Å². The van der Waals surface area contributed by atoms with Gasteiger partial charge in [-0.2, -0.15) is 5.10 Å². The first kappa shape index (κ1) is 9.54. The summed E-state index contributed by atoms with van der Waals surface area (Å²) in [5, 5.41) is 3.99. The van der Waals surface area contributed by atoms with Crippen LogP contribution in [0.2, 0.25) is 0 Å². The molecule has 0 saturated heterocycles. The van der Waals surface area contributed by atoms with Crippen molar-refractivity contribution in [3.8, 4) is 0 Å². The Labute approximate surface area is 75.6 Å². The van der Waals surface area contributed by atoms with Crippen LogP contribution in [0.4, 0.5) is 0 Å². The Morgan fingerprint density at radius 3 is 2.58 bits per heavy atom. The summed E-state index contributed by atoms with van der Waals surface area (Å²) in [5.41, 5.74) is 1.38. The molecule has 0 bridgehead atoms. The van der Waals surface area contributed by atoms with Gasteiger partial charge in [0.1, 0.15) is 5.75 Å². The summed E-state index contributed by atoms with van der Waals surface area (Å²) in [6.45, 7) is 1.80. The number of aromatic nitrogens is 2. The van der Waals surface area contributed by atoms with Crippen LogP contribution in [0.15, 0.2) is 6.07 Å². The molecule has 6 heteroatoms. The zero-order valence-corrected chi connectivity index (χ0v) is 8.35. The molecule has 12 heavy (non-hydrogen) atoms. The van der Waals surface area contributed by atoms with Crippen molar-refractivity contribution in [1.29, 1.82) is 0 Å². The lowest BCUT2D eigenvalue weighted by molar-refractivity contribution is 0.605. The van der Waals surface area contributed by atoms with Gasteiger partial charge >= 0.3 is 0 Å². The number of aryl methyl sites for hydroxylation is 2. The highest BCUT2D eigenvalue weighted by molar-refractivity contribution is 8.13. The minimum atomic E-state index is -3.47. The van der Waals surface area contributed by atoms with Crippen molar-refractivity contribution in [3.63, 3.8) is 0 Å². The minimum absolute atomic E-state index is 0.175. The SMILES string of the molecule is Cc1cc(CS(=O)(=O)Cl)n(C)n1. The molecule has 0 fully saturated rings. The fraction of sp³-hybridized carbons (Fsp3) is 0.500. The molecule has 0 spiro atoms. The molecule has 0 aromatic carbocycles. The summed E-state index contributed by atoms with van der Waals surface area (Å²) < 4.78 is 22.9. The zero-order valence-electron chi connectivity index (χ0n) is 6.78. The lowest BCUT2D eigenvalue weighted by Gasteiger charge is -1.96. The predicted octanol–water partition coefficient (Wildman–Crippen LogP) is 0.797. The lowest BCUT2D eigenvalue weighted by Crippen LogP contribution is -2.02. The van der Waals surface area contributed by atoms with E-state index in [4.69, 9.17) is 10.7 Å². The Hall–Kier alpha value is -0.550.